The Morgan fingerprint density at radius 1 is 1.50 bits per heavy atom. The van der Waals surface area contributed by atoms with E-state index in [-0.39, 0.29) is 5.91 Å². The van der Waals surface area contributed by atoms with Crippen LogP contribution in [-0.2, 0) is 11.3 Å². The average molecular weight is 217 g/mol. The summed E-state index contributed by atoms with van der Waals surface area (Å²) in [6, 6.07) is 3.51. The van der Waals surface area contributed by atoms with E-state index in [1.54, 1.807) is 6.07 Å². The summed E-state index contributed by atoms with van der Waals surface area (Å²) in [7, 11) is 0. The van der Waals surface area contributed by atoms with Gasteiger partial charge in [0.05, 0.1) is 6.54 Å². The van der Waals surface area contributed by atoms with Gasteiger partial charge in [0, 0.05) is 20.0 Å². The van der Waals surface area contributed by atoms with Crippen molar-refractivity contribution in [2.45, 2.75) is 13.5 Å². The highest BCUT2D eigenvalue weighted by molar-refractivity contribution is 6.28. The Morgan fingerprint density at radius 2 is 2.29 bits per heavy atom. The lowest BCUT2D eigenvalue weighted by Gasteiger charge is -2.02. The first-order valence-corrected chi connectivity index (χ1v) is 4.75. The van der Waals surface area contributed by atoms with Gasteiger partial charge in [-0.05, 0) is 23.7 Å². The highest BCUT2D eigenvalue weighted by Gasteiger charge is 1.98. The standard InChI is InChI=1S/C9H13ClN2O2/c1-7(13)12-5-4-11-6-8-2-3-9(10)14-8/h2-3,11H,4-6H2,1H3,(H,12,13). The molecule has 5 heteroatoms. The molecule has 14 heavy (non-hydrogen) atoms. The number of hydrogen-bond acceptors (Lipinski definition) is 3. The summed E-state index contributed by atoms with van der Waals surface area (Å²) in [5.74, 6) is 0.769. The Bertz CT molecular complexity index is 299. The summed E-state index contributed by atoms with van der Waals surface area (Å²) in [5, 5.41) is 6.17. The summed E-state index contributed by atoms with van der Waals surface area (Å²) in [5.41, 5.74) is 0. The maximum absolute atomic E-state index is 10.5. The molecule has 0 aliphatic heterocycles. The van der Waals surface area contributed by atoms with Crippen molar-refractivity contribution in [1.82, 2.24) is 10.6 Å². The smallest absolute Gasteiger partial charge is 0.216 e. The van der Waals surface area contributed by atoms with Gasteiger partial charge in [0.1, 0.15) is 5.76 Å². The van der Waals surface area contributed by atoms with Crippen LogP contribution >= 0.6 is 11.6 Å². The van der Waals surface area contributed by atoms with E-state index >= 15 is 0 Å². The van der Waals surface area contributed by atoms with Gasteiger partial charge >= 0.3 is 0 Å². The fraction of sp³-hybridized carbons (Fsp3) is 0.444. The van der Waals surface area contributed by atoms with Crippen LogP contribution in [0.3, 0.4) is 0 Å². The number of carbonyl (C=O) groups excluding carboxylic acids is 1. The number of furan rings is 1. The van der Waals surface area contributed by atoms with E-state index in [4.69, 9.17) is 16.0 Å². The minimum Gasteiger partial charge on any atom is -0.448 e. The van der Waals surface area contributed by atoms with Gasteiger partial charge in [0.2, 0.25) is 5.91 Å². The van der Waals surface area contributed by atoms with Crippen LogP contribution in [0.15, 0.2) is 16.5 Å². The van der Waals surface area contributed by atoms with Crippen LogP contribution in [0, 0.1) is 0 Å². The van der Waals surface area contributed by atoms with Crippen molar-refractivity contribution in [3.8, 4) is 0 Å². The normalized spacial score (nSPS) is 10.1. The molecule has 0 radical (unpaired) electrons. The maximum atomic E-state index is 10.5. The minimum absolute atomic E-state index is 0.0205. The van der Waals surface area contributed by atoms with Crippen LogP contribution in [0.1, 0.15) is 12.7 Å². The third kappa shape index (κ3) is 4.30. The number of hydrogen-bond donors (Lipinski definition) is 2. The average Bonchev–Trinajstić information content (AvgIpc) is 2.50. The third-order valence-corrected chi connectivity index (χ3v) is 1.81. The molecule has 4 nitrogen and oxygen atoms in total. The zero-order chi connectivity index (χ0) is 10.4. The van der Waals surface area contributed by atoms with E-state index in [1.807, 2.05) is 6.07 Å². The third-order valence-electron chi connectivity index (χ3n) is 1.60. The maximum Gasteiger partial charge on any atom is 0.216 e. The molecule has 0 aromatic carbocycles. The molecule has 2 N–H and O–H groups in total. The zero-order valence-corrected chi connectivity index (χ0v) is 8.73. The van der Waals surface area contributed by atoms with E-state index < -0.39 is 0 Å². The van der Waals surface area contributed by atoms with Crippen molar-refractivity contribution in [3.63, 3.8) is 0 Å². The van der Waals surface area contributed by atoms with Crippen LogP contribution in [0.25, 0.3) is 0 Å². The molecular formula is C9H13ClN2O2. The first-order chi connectivity index (χ1) is 6.68. The van der Waals surface area contributed by atoms with E-state index in [2.05, 4.69) is 10.6 Å². The highest BCUT2D eigenvalue weighted by atomic mass is 35.5. The quantitative estimate of drug-likeness (QED) is 0.727. The Balaban J connectivity index is 2.07. The van der Waals surface area contributed by atoms with E-state index in [1.165, 1.54) is 6.92 Å². The Morgan fingerprint density at radius 3 is 2.86 bits per heavy atom. The molecule has 0 spiro atoms. The van der Waals surface area contributed by atoms with Gasteiger partial charge in [-0.2, -0.15) is 0 Å². The molecule has 0 atom stereocenters. The number of nitrogens with one attached hydrogen (secondary N) is 2. The predicted molar refractivity (Wildman–Crippen MR) is 54.1 cm³/mol. The molecule has 78 valence electrons. The largest absolute Gasteiger partial charge is 0.448 e. The zero-order valence-electron chi connectivity index (χ0n) is 7.97. The van der Waals surface area contributed by atoms with E-state index in [0.29, 0.717) is 24.9 Å². The van der Waals surface area contributed by atoms with Crippen molar-refractivity contribution in [2.24, 2.45) is 0 Å². The molecule has 0 fully saturated rings. The molecule has 0 saturated carbocycles. The van der Waals surface area contributed by atoms with Crippen LogP contribution in [-0.4, -0.2) is 19.0 Å². The molecule has 1 heterocycles. The first-order valence-electron chi connectivity index (χ1n) is 4.38. The van der Waals surface area contributed by atoms with Gasteiger partial charge < -0.3 is 15.1 Å². The number of carbonyl (C=O) groups is 1. The van der Waals surface area contributed by atoms with Crippen molar-refractivity contribution in [1.29, 1.82) is 0 Å². The lowest BCUT2D eigenvalue weighted by Crippen LogP contribution is -2.29. The minimum atomic E-state index is -0.0205. The highest BCUT2D eigenvalue weighted by Crippen LogP contribution is 2.12. The molecular weight excluding hydrogens is 204 g/mol. The van der Waals surface area contributed by atoms with Gasteiger partial charge in [-0.3, -0.25) is 4.79 Å². The Hall–Kier alpha value is -1.00. The summed E-state index contributed by atoms with van der Waals surface area (Å²) in [4.78, 5) is 10.5. The molecule has 1 rings (SSSR count). The number of halogens is 1. The van der Waals surface area contributed by atoms with Gasteiger partial charge in [-0.1, -0.05) is 0 Å². The van der Waals surface area contributed by atoms with Gasteiger partial charge in [0.15, 0.2) is 5.22 Å². The van der Waals surface area contributed by atoms with Crippen LogP contribution in [0.4, 0.5) is 0 Å². The SMILES string of the molecule is CC(=O)NCCNCc1ccc(Cl)o1. The van der Waals surface area contributed by atoms with Crippen molar-refractivity contribution in [2.75, 3.05) is 13.1 Å². The summed E-state index contributed by atoms with van der Waals surface area (Å²) in [6.45, 7) is 3.43. The monoisotopic (exact) mass is 216 g/mol. The van der Waals surface area contributed by atoms with Crippen molar-refractivity contribution in [3.05, 3.63) is 23.1 Å². The second-order valence-corrected chi connectivity index (χ2v) is 3.24. The molecule has 1 aromatic rings. The molecule has 0 bridgehead atoms. The van der Waals surface area contributed by atoms with Crippen molar-refractivity contribution < 1.29 is 9.21 Å². The van der Waals surface area contributed by atoms with Gasteiger partial charge in [-0.25, -0.2) is 0 Å². The topological polar surface area (TPSA) is 54.3 Å². The summed E-state index contributed by atoms with van der Waals surface area (Å²) in [6.07, 6.45) is 0. The fourth-order valence-electron chi connectivity index (χ4n) is 0.985. The van der Waals surface area contributed by atoms with Crippen molar-refractivity contribution >= 4 is 17.5 Å². The lowest BCUT2D eigenvalue weighted by atomic mass is 10.4. The lowest BCUT2D eigenvalue weighted by molar-refractivity contribution is -0.118. The molecule has 0 aliphatic rings. The van der Waals surface area contributed by atoms with Crippen LogP contribution in [0.5, 0.6) is 0 Å². The first kappa shape index (κ1) is 11.1. The Labute approximate surface area is 87.6 Å². The predicted octanol–water partition coefficient (Wildman–Crippen LogP) is 1.16. The number of amides is 1. The molecule has 0 unspecified atom stereocenters. The van der Waals surface area contributed by atoms with Gasteiger partial charge in [-0.15, -0.1) is 0 Å². The Kier molecular flexibility index (Phi) is 4.49. The van der Waals surface area contributed by atoms with E-state index in [9.17, 15) is 4.79 Å². The second-order valence-electron chi connectivity index (χ2n) is 2.87. The molecule has 0 aliphatic carbocycles. The molecule has 0 saturated heterocycles. The summed E-state index contributed by atoms with van der Waals surface area (Å²) < 4.78 is 5.13. The van der Waals surface area contributed by atoms with E-state index in [0.717, 1.165) is 5.76 Å². The molecule has 1 aromatic heterocycles. The second kappa shape index (κ2) is 5.67. The van der Waals surface area contributed by atoms with Gasteiger partial charge in [0.25, 0.3) is 0 Å². The van der Waals surface area contributed by atoms with Crippen LogP contribution in [0.2, 0.25) is 5.22 Å². The van der Waals surface area contributed by atoms with Crippen LogP contribution < -0.4 is 10.6 Å². The molecule has 1 amide bonds. The summed E-state index contributed by atoms with van der Waals surface area (Å²) >= 11 is 5.59. The fourth-order valence-corrected chi connectivity index (χ4v) is 1.15. The number of rotatable bonds is 5.